The lowest BCUT2D eigenvalue weighted by Crippen LogP contribution is -2.21. The van der Waals surface area contributed by atoms with Crippen molar-refractivity contribution in [2.75, 3.05) is 12.4 Å². The van der Waals surface area contributed by atoms with Crippen LogP contribution in [0.2, 0.25) is 0 Å². The molecule has 0 radical (unpaired) electrons. The van der Waals surface area contributed by atoms with E-state index in [-0.39, 0.29) is 11.6 Å². The van der Waals surface area contributed by atoms with E-state index in [0.717, 1.165) is 16.4 Å². The van der Waals surface area contributed by atoms with Crippen LogP contribution in [0.1, 0.15) is 32.1 Å². The Labute approximate surface area is 128 Å². The zero-order valence-electron chi connectivity index (χ0n) is 12.1. The average Bonchev–Trinajstić information content (AvgIpc) is 2.97. The second-order valence-corrected chi connectivity index (χ2v) is 6.22. The molecule has 5 heteroatoms. The van der Waals surface area contributed by atoms with E-state index in [4.69, 9.17) is 4.74 Å². The molecular formula is C16H19FN2OS. The number of ether oxygens (including phenoxy) is 1. The highest BCUT2D eigenvalue weighted by Crippen LogP contribution is 2.30. The molecule has 1 saturated carbocycles. The van der Waals surface area contributed by atoms with Gasteiger partial charge < -0.3 is 10.1 Å². The van der Waals surface area contributed by atoms with Gasteiger partial charge in [0.25, 0.3) is 0 Å². The lowest BCUT2D eigenvalue weighted by atomic mass is 9.96. The summed E-state index contributed by atoms with van der Waals surface area (Å²) in [5.41, 5.74) is 1.58. The van der Waals surface area contributed by atoms with Gasteiger partial charge in [0.05, 0.1) is 12.8 Å². The number of hydrogen-bond acceptors (Lipinski definition) is 4. The van der Waals surface area contributed by atoms with Gasteiger partial charge in [0, 0.05) is 17.0 Å². The Morgan fingerprint density at radius 1 is 1.29 bits per heavy atom. The van der Waals surface area contributed by atoms with Crippen LogP contribution in [0, 0.1) is 5.82 Å². The molecule has 1 aromatic heterocycles. The van der Waals surface area contributed by atoms with E-state index in [1.165, 1.54) is 45.3 Å². The van der Waals surface area contributed by atoms with Gasteiger partial charge in [-0.3, -0.25) is 0 Å². The van der Waals surface area contributed by atoms with Gasteiger partial charge in [-0.25, -0.2) is 9.37 Å². The van der Waals surface area contributed by atoms with Crippen LogP contribution < -0.4 is 10.1 Å². The minimum Gasteiger partial charge on any atom is -0.494 e. The molecule has 1 fully saturated rings. The van der Waals surface area contributed by atoms with Gasteiger partial charge in [-0.2, -0.15) is 0 Å². The number of halogens is 1. The maximum atomic E-state index is 13.8. The lowest BCUT2D eigenvalue weighted by Gasteiger charge is -2.22. The molecule has 112 valence electrons. The van der Waals surface area contributed by atoms with Crippen molar-refractivity contribution in [2.24, 2.45) is 0 Å². The Kier molecular flexibility index (Phi) is 4.39. The summed E-state index contributed by atoms with van der Waals surface area (Å²) in [5, 5.41) is 6.39. The first-order chi connectivity index (χ1) is 10.3. The molecule has 0 spiro atoms. The predicted molar refractivity (Wildman–Crippen MR) is 84.6 cm³/mol. The van der Waals surface area contributed by atoms with Crippen LogP contribution in [-0.2, 0) is 0 Å². The fourth-order valence-electron chi connectivity index (χ4n) is 2.72. The maximum Gasteiger partial charge on any atom is 0.183 e. The number of anilines is 1. The first kappa shape index (κ1) is 14.3. The molecule has 1 heterocycles. The third kappa shape index (κ3) is 3.35. The lowest BCUT2D eigenvalue weighted by molar-refractivity contribution is 0.386. The number of nitrogens with zero attached hydrogens (tertiary/aromatic N) is 1. The van der Waals surface area contributed by atoms with Crippen LogP contribution >= 0.6 is 11.3 Å². The van der Waals surface area contributed by atoms with Crippen LogP contribution in [0.25, 0.3) is 11.3 Å². The highest BCUT2D eigenvalue weighted by molar-refractivity contribution is 7.14. The Balaban J connectivity index is 1.73. The standard InChI is InChI=1S/C16H19FN2OS/c1-20-15-8-7-11(9-13(15)17)14-10-21-16(19-14)18-12-5-3-2-4-6-12/h7-10,12H,2-6H2,1H3,(H,18,19). The van der Waals surface area contributed by atoms with E-state index >= 15 is 0 Å². The topological polar surface area (TPSA) is 34.1 Å². The molecule has 0 saturated heterocycles. The molecule has 3 nitrogen and oxygen atoms in total. The molecule has 1 aromatic carbocycles. The van der Waals surface area contributed by atoms with Crippen LogP contribution in [0.4, 0.5) is 9.52 Å². The van der Waals surface area contributed by atoms with Crippen molar-refractivity contribution in [3.8, 4) is 17.0 Å². The predicted octanol–water partition coefficient (Wildman–Crippen LogP) is 4.70. The highest BCUT2D eigenvalue weighted by Gasteiger charge is 2.15. The van der Waals surface area contributed by atoms with Crippen LogP contribution in [0.15, 0.2) is 23.6 Å². The van der Waals surface area contributed by atoms with Crippen molar-refractivity contribution in [2.45, 2.75) is 38.1 Å². The molecule has 1 N–H and O–H groups in total. The van der Waals surface area contributed by atoms with E-state index in [0.29, 0.717) is 6.04 Å². The Morgan fingerprint density at radius 2 is 2.10 bits per heavy atom. The smallest absolute Gasteiger partial charge is 0.183 e. The normalized spacial score (nSPS) is 15.9. The van der Waals surface area contributed by atoms with Gasteiger partial charge in [0.2, 0.25) is 0 Å². The summed E-state index contributed by atoms with van der Waals surface area (Å²) in [4.78, 5) is 4.57. The summed E-state index contributed by atoms with van der Waals surface area (Å²) in [7, 11) is 1.47. The van der Waals surface area contributed by atoms with Gasteiger partial charge in [-0.1, -0.05) is 19.3 Å². The van der Waals surface area contributed by atoms with Crippen molar-refractivity contribution < 1.29 is 9.13 Å². The molecule has 21 heavy (non-hydrogen) atoms. The average molecular weight is 306 g/mol. The minimum atomic E-state index is -0.357. The number of rotatable bonds is 4. The molecule has 0 bridgehead atoms. The monoisotopic (exact) mass is 306 g/mol. The quantitative estimate of drug-likeness (QED) is 0.889. The fourth-order valence-corrected chi connectivity index (χ4v) is 3.52. The summed E-state index contributed by atoms with van der Waals surface area (Å²) in [6.45, 7) is 0. The molecule has 2 aromatic rings. The van der Waals surface area contributed by atoms with Gasteiger partial charge in [-0.05, 0) is 31.0 Å². The molecular weight excluding hydrogens is 287 g/mol. The third-order valence-electron chi connectivity index (χ3n) is 3.88. The number of hydrogen-bond donors (Lipinski definition) is 1. The van der Waals surface area contributed by atoms with E-state index in [1.807, 2.05) is 11.4 Å². The molecule has 0 unspecified atom stereocenters. The maximum absolute atomic E-state index is 13.8. The number of nitrogens with one attached hydrogen (secondary N) is 1. The Hall–Kier alpha value is -1.62. The summed E-state index contributed by atoms with van der Waals surface area (Å²) >= 11 is 1.58. The zero-order chi connectivity index (χ0) is 14.7. The van der Waals surface area contributed by atoms with Gasteiger partial charge in [0.1, 0.15) is 0 Å². The number of thiazole rings is 1. The Morgan fingerprint density at radius 3 is 2.81 bits per heavy atom. The van der Waals surface area contributed by atoms with Crippen molar-refractivity contribution in [1.29, 1.82) is 0 Å². The summed E-state index contributed by atoms with van der Waals surface area (Å²) < 4.78 is 18.7. The van der Waals surface area contributed by atoms with E-state index in [9.17, 15) is 4.39 Å². The van der Waals surface area contributed by atoms with Gasteiger partial charge in [-0.15, -0.1) is 11.3 Å². The highest BCUT2D eigenvalue weighted by atomic mass is 32.1. The first-order valence-corrected chi connectivity index (χ1v) is 8.20. The van der Waals surface area contributed by atoms with E-state index in [2.05, 4.69) is 10.3 Å². The molecule has 1 aliphatic rings. The molecule has 0 atom stereocenters. The molecule has 1 aliphatic carbocycles. The summed E-state index contributed by atoms with van der Waals surface area (Å²) in [6.07, 6.45) is 6.35. The second-order valence-electron chi connectivity index (χ2n) is 5.37. The number of benzene rings is 1. The van der Waals surface area contributed by atoms with E-state index < -0.39 is 0 Å². The van der Waals surface area contributed by atoms with Crippen LogP contribution in [0.3, 0.4) is 0 Å². The third-order valence-corrected chi connectivity index (χ3v) is 4.66. The van der Waals surface area contributed by atoms with E-state index in [1.54, 1.807) is 17.4 Å². The van der Waals surface area contributed by atoms with Crippen molar-refractivity contribution in [3.63, 3.8) is 0 Å². The largest absolute Gasteiger partial charge is 0.494 e. The fraction of sp³-hybridized carbons (Fsp3) is 0.438. The summed E-state index contributed by atoms with van der Waals surface area (Å²) in [6, 6.07) is 5.48. The summed E-state index contributed by atoms with van der Waals surface area (Å²) in [5.74, 6) is -0.0978. The van der Waals surface area contributed by atoms with Gasteiger partial charge >= 0.3 is 0 Å². The van der Waals surface area contributed by atoms with Crippen LogP contribution in [-0.4, -0.2) is 18.1 Å². The van der Waals surface area contributed by atoms with Gasteiger partial charge in [0.15, 0.2) is 16.7 Å². The van der Waals surface area contributed by atoms with Crippen LogP contribution in [0.5, 0.6) is 5.75 Å². The SMILES string of the molecule is COc1ccc(-c2csc(NC3CCCCC3)n2)cc1F. The second kappa shape index (κ2) is 6.43. The van der Waals surface area contributed by atoms with Crippen molar-refractivity contribution in [1.82, 2.24) is 4.98 Å². The van der Waals surface area contributed by atoms with Crippen molar-refractivity contribution >= 4 is 16.5 Å². The molecule has 0 amide bonds. The minimum absolute atomic E-state index is 0.259. The molecule has 0 aliphatic heterocycles. The van der Waals surface area contributed by atoms with Crippen molar-refractivity contribution in [3.05, 3.63) is 29.4 Å². The Bertz CT molecular complexity index is 608. The zero-order valence-corrected chi connectivity index (χ0v) is 12.9. The first-order valence-electron chi connectivity index (χ1n) is 7.32. The number of methoxy groups -OCH3 is 1. The molecule has 3 rings (SSSR count). The number of aromatic nitrogens is 1.